The average molecular weight is 298 g/mol. The van der Waals surface area contributed by atoms with Gasteiger partial charge in [0, 0.05) is 25.8 Å². The van der Waals surface area contributed by atoms with Crippen molar-refractivity contribution < 1.29 is 8.42 Å². The predicted octanol–water partition coefficient (Wildman–Crippen LogP) is 0.544. The Morgan fingerprint density at radius 2 is 2.05 bits per heavy atom. The van der Waals surface area contributed by atoms with Crippen LogP contribution in [0.25, 0.3) is 0 Å². The normalized spacial score (nSPS) is 20.5. The van der Waals surface area contributed by atoms with E-state index in [-0.39, 0.29) is 0 Å². The molecule has 0 radical (unpaired) electrons. The van der Waals surface area contributed by atoms with Crippen molar-refractivity contribution in [3.63, 3.8) is 0 Å². The fourth-order valence-corrected chi connectivity index (χ4v) is 3.79. The molecule has 1 saturated heterocycles. The highest BCUT2D eigenvalue weighted by atomic mass is 32.2. The van der Waals surface area contributed by atoms with Gasteiger partial charge in [0.05, 0.1) is 4.90 Å². The van der Waals surface area contributed by atoms with Crippen molar-refractivity contribution in [1.82, 2.24) is 9.21 Å². The van der Waals surface area contributed by atoms with Gasteiger partial charge >= 0.3 is 0 Å². The fourth-order valence-electron chi connectivity index (χ4n) is 2.54. The Labute approximate surface area is 120 Å². The minimum Gasteiger partial charge on any atom is -0.324 e. The molecule has 1 atom stereocenters. The first-order valence-corrected chi connectivity index (χ1v) is 8.09. The lowest BCUT2D eigenvalue weighted by Crippen LogP contribution is -2.32. The summed E-state index contributed by atoms with van der Waals surface area (Å²) in [6.45, 7) is 2.55. The van der Waals surface area contributed by atoms with E-state index in [1.165, 1.54) is 4.31 Å². The monoisotopic (exact) mass is 298 g/mol. The number of hydrogen-bond donors (Lipinski definition) is 2. The van der Waals surface area contributed by atoms with Crippen LogP contribution in [0.3, 0.4) is 0 Å². The second kappa shape index (κ2) is 6.09. The molecule has 0 amide bonds. The summed E-state index contributed by atoms with van der Waals surface area (Å²) in [5.41, 5.74) is 3.17. The van der Waals surface area contributed by atoms with Crippen LogP contribution in [0.5, 0.6) is 0 Å². The Morgan fingerprint density at radius 3 is 2.55 bits per heavy atom. The molecule has 1 unspecified atom stereocenters. The van der Waals surface area contributed by atoms with Crippen LogP contribution in [0.2, 0.25) is 0 Å². The molecule has 1 aliphatic rings. The maximum absolute atomic E-state index is 12.5. The van der Waals surface area contributed by atoms with Gasteiger partial charge in [-0.1, -0.05) is 0 Å². The lowest BCUT2D eigenvalue weighted by atomic mass is 10.1. The van der Waals surface area contributed by atoms with Gasteiger partial charge in [-0.25, -0.2) is 12.7 Å². The molecule has 1 fully saturated rings. The molecule has 20 heavy (non-hydrogen) atoms. The maximum Gasteiger partial charge on any atom is 0.242 e. The molecule has 1 aromatic carbocycles. The van der Waals surface area contributed by atoms with Crippen molar-refractivity contribution in [3.05, 3.63) is 24.3 Å². The molecule has 0 aliphatic carbocycles. The number of nitrogens with zero attached hydrogens (tertiary/aromatic N) is 2. The van der Waals surface area contributed by atoms with Crippen molar-refractivity contribution in [2.75, 3.05) is 39.2 Å². The van der Waals surface area contributed by atoms with E-state index < -0.39 is 10.0 Å². The van der Waals surface area contributed by atoms with E-state index in [2.05, 4.69) is 17.4 Å². The van der Waals surface area contributed by atoms with E-state index in [1.54, 1.807) is 31.3 Å². The molecule has 1 aromatic rings. The Kier molecular flexibility index (Phi) is 4.64. The summed E-state index contributed by atoms with van der Waals surface area (Å²) in [7, 11) is 0.281. The summed E-state index contributed by atoms with van der Waals surface area (Å²) in [6.07, 6.45) is 1.05. The lowest BCUT2D eigenvalue weighted by molar-refractivity contribution is 0.357. The summed E-state index contributed by atoms with van der Waals surface area (Å²) < 4.78 is 26.4. The third-order valence-corrected chi connectivity index (χ3v) is 5.57. The molecule has 0 bridgehead atoms. The molecule has 7 heteroatoms. The molecular weight excluding hydrogens is 276 g/mol. The van der Waals surface area contributed by atoms with Gasteiger partial charge in [-0.05, 0) is 50.2 Å². The van der Waals surface area contributed by atoms with Gasteiger partial charge in [0.1, 0.15) is 0 Å². The van der Waals surface area contributed by atoms with Crippen molar-refractivity contribution in [3.8, 4) is 0 Å². The van der Waals surface area contributed by atoms with Crippen molar-refractivity contribution >= 4 is 15.7 Å². The summed E-state index contributed by atoms with van der Waals surface area (Å²) >= 11 is 0. The van der Waals surface area contributed by atoms with Gasteiger partial charge in [-0.2, -0.15) is 0 Å². The van der Waals surface area contributed by atoms with E-state index in [0.717, 1.165) is 19.5 Å². The highest BCUT2D eigenvalue weighted by Crippen LogP contribution is 2.21. The molecule has 3 N–H and O–H groups in total. The number of hydrazine groups is 1. The average Bonchev–Trinajstić information content (AvgIpc) is 2.84. The number of likely N-dealkylation sites (tertiary alicyclic amines) is 1. The van der Waals surface area contributed by atoms with Crippen molar-refractivity contribution in [2.45, 2.75) is 11.3 Å². The smallest absolute Gasteiger partial charge is 0.242 e. The number of anilines is 1. The number of hydrogen-bond acceptors (Lipinski definition) is 5. The fraction of sp³-hybridized carbons (Fsp3) is 0.538. The predicted molar refractivity (Wildman–Crippen MR) is 79.7 cm³/mol. The topological polar surface area (TPSA) is 78.7 Å². The van der Waals surface area contributed by atoms with E-state index in [0.29, 0.717) is 23.0 Å². The van der Waals surface area contributed by atoms with E-state index in [1.807, 2.05) is 0 Å². The highest BCUT2D eigenvalue weighted by molar-refractivity contribution is 7.89. The maximum atomic E-state index is 12.5. The zero-order chi connectivity index (χ0) is 14.8. The molecule has 2 rings (SSSR count). The molecule has 6 nitrogen and oxygen atoms in total. The van der Waals surface area contributed by atoms with Gasteiger partial charge in [-0.15, -0.1) is 0 Å². The van der Waals surface area contributed by atoms with Crippen molar-refractivity contribution in [2.24, 2.45) is 11.8 Å². The number of rotatable bonds is 5. The first-order chi connectivity index (χ1) is 9.43. The van der Waals surface area contributed by atoms with Crippen LogP contribution in [-0.2, 0) is 10.0 Å². The number of nitrogens with one attached hydrogen (secondary N) is 1. The number of nitrogen functional groups attached to an aromatic ring is 1. The molecular formula is C13H22N4O2S. The Bertz CT molecular complexity index is 544. The van der Waals surface area contributed by atoms with Gasteiger partial charge in [0.25, 0.3) is 0 Å². The minimum atomic E-state index is -3.42. The zero-order valence-electron chi connectivity index (χ0n) is 11.9. The molecule has 1 heterocycles. The first kappa shape index (κ1) is 15.2. The largest absolute Gasteiger partial charge is 0.324 e. The molecule has 0 aromatic heterocycles. The van der Waals surface area contributed by atoms with E-state index >= 15 is 0 Å². The highest BCUT2D eigenvalue weighted by Gasteiger charge is 2.27. The minimum absolute atomic E-state index is 0.297. The molecule has 1 aliphatic heterocycles. The van der Waals surface area contributed by atoms with Crippen LogP contribution in [0.1, 0.15) is 6.42 Å². The van der Waals surface area contributed by atoms with Crippen LogP contribution in [0.15, 0.2) is 29.2 Å². The number of sulfonamides is 1. The standard InChI is InChI=1S/C13H22N4O2S/c1-16-8-7-11(9-16)10-17(2)20(18,19)13-5-3-12(15-14)4-6-13/h3-6,11,15H,7-10,14H2,1-2H3. The van der Waals surface area contributed by atoms with Crippen LogP contribution in [0.4, 0.5) is 5.69 Å². The molecule has 0 saturated carbocycles. The van der Waals surface area contributed by atoms with E-state index in [9.17, 15) is 8.42 Å². The SMILES string of the molecule is CN1CCC(CN(C)S(=O)(=O)c2ccc(NN)cc2)C1. The quantitative estimate of drug-likeness (QED) is 0.613. The van der Waals surface area contributed by atoms with E-state index in [4.69, 9.17) is 5.84 Å². The number of benzene rings is 1. The number of nitrogens with two attached hydrogens (primary N) is 1. The Morgan fingerprint density at radius 1 is 1.40 bits per heavy atom. The van der Waals surface area contributed by atoms with Crippen LogP contribution in [0, 0.1) is 5.92 Å². The van der Waals surface area contributed by atoms with Crippen LogP contribution >= 0.6 is 0 Å². The Hall–Kier alpha value is -1.15. The molecule has 0 spiro atoms. The van der Waals surface area contributed by atoms with Gasteiger partial charge in [0.2, 0.25) is 10.0 Å². The second-order valence-corrected chi connectivity index (χ2v) is 7.42. The summed E-state index contributed by atoms with van der Waals surface area (Å²) in [4.78, 5) is 2.53. The summed E-state index contributed by atoms with van der Waals surface area (Å²) in [5.74, 6) is 5.68. The zero-order valence-corrected chi connectivity index (χ0v) is 12.7. The Balaban J connectivity index is 2.08. The summed E-state index contributed by atoms with van der Waals surface area (Å²) in [6, 6.07) is 6.46. The van der Waals surface area contributed by atoms with Crippen molar-refractivity contribution in [1.29, 1.82) is 0 Å². The lowest BCUT2D eigenvalue weighted by Gasteiger charge is -2.21. The first-order valence-electron chi connectivity index (χ1n) is 6.65. The second-order valence-electron chi connectivity index (χ2n) is 5.37. The summed E-state index contributed by atoms with van der Waals surface area (Å²) in [5, 5.41) is 0. The van der Waals surface area contributed by atoms with Gasteiger partial charge in [-0.3, -0.25) is 5.84 Å². The molecule has 112 valence electrons. The van der Waals surface area contributed by atoms with Crippen LogP contribution in [-0.4, -0.2) is 51.4 Å². The van der Waals surface area contributed by atoms with Gasteiger partial charge < -0.3 is 10.3 Å². The van der Waals surface area contributed by atoms with Crippen LogP contribution < -0.4 is 11.3 Å². The van der Waals surface area contributed by atoms with Gasteiger partial charge in [0.15, 0.2) is 0 Å². The third-order valence-electron chi connectivity index (χ3n) is 3.73. The third kappa shape index (κ3) is 3.29.